The van der Waals surface area contributed by atoms with Crippen molar-refractivity contribution >= 4 is 61.1 Å². The number of aryl methyl sites for hydroxylation is 1. The third kappa shape index (κ3) is 5.14. The fourth-order valence-corrected chi connectivity index (χ4v) is 5.80. The van der Waals surface area contributed by atoms with E-state index in [0.717, 1.165) is 16.3 Å². The van der Waals surface area contributed by atoms with Gasteiger partial charge in [-0.05, 0) is 47.0 Å². The number of halogens is 1. The van der Waals surface area contributed by atoms with Crippen LogP contribution in [0.1, 0.15) is 28.0 Å². The zero-order chi connectivity index (χ0) is 25.2. The van der Waals surface area contributed by atoms with Crippen LogP contribution in [0.15, 0.2) is 66.7 Å². The number of nitrogens with two attached hydrogens (primary N) is 1. The van der Waals surface area contributed by atoms with E-state index >= 15 is 0 Å². The van der Waals surface area contributed by atoms with Crippen molar-refractivity contribution in [2.24, 2.45) is 5.73 Å². The molecule has 0 saturated heterocycles. The van der Waals surface area contributed by atoms with Gasteiger partial charge in [-0.2, -0.15) is 0 Å². The number of Topliss-reactive ketones (excluding diaryl/α,β-unsaturated/α-hetero) is 1. The average molecular weight is 511 g/mol. The number of carbonyl (C=O) groups excluding carboxylic acids is 1. The molecule has 0 saturated carbocycles. The maximum absolute atomic E-state index is 13.4. The van der Waals surface area contributed by atoms with Gasteiger partial charge in [-0.25, -0.2) is 12.4 Å². The Morgan fingerprint density at radius 1 is 1.03 bits per heavy atom. The third-order valence-corrected chi connectivity index (χ3v) is 7.55. The molecule has 3 aromatic carbocycles. The van der Waals surface area contributed by atoms with Crippen LogP contribution in [0.5, 0.6) is 0 Å². The van der Waals surface area contributed by atoms with Crippen LogP contribution in [0.3, 0.4) is 0 Å². The van der Waals surface area contributed by atoms with E-state index in [9.17, 15) is 18.0 Å². The second-order valence-electron chi connectivity index (χ2n) is 8.05. The Hall–Kier alpha value is -3.46. The van der Waals surface area contributed by atoms with Crippen LogP contribution in [0.25, 0.3) is 27.8 Å². The average Bonchev–Trinajstić information content (AvgIpc) is 3.20. The Labute approximate surface area is 207 Å². The van der Waals surface area contributed by atoms with Crippen molar-refractivity contribution in [3.05, 3.63) is 88.6 Å². The second-order valence-corrected chi connectivity index (χ2v) is 10.4. The lowest BCUT2D eigenvalue weighted by atomic mass is 9.97. The molecule has 180 valence electrons. The molecule has 4 aromatic rings. The molecule has 3 N–H and O–H groups in total. The summed E-state index contributed by atoms with van der Waals surface area (Å²) in [6.45, 7) is -0.0995. The van der Waals surface area contributed by atoms with E-state index in [2.05, 4.69) is 0 Å². The minimum Gasteiger partial charge on any atom is -0.481 e. The number of carboxylic acid groups (broad SMARTS) is 1. The maximum Gasteiger partial charge on any atom is 0.303 e. The number of carboxylic acids is 1. The number of fused-ring (bicyclic) bond motifs is 2. The molecule has 9 heteroatoms. The van der Waals surface area contributed by atoms with Crippen LogP contribution in [0.2, 0.25) is 5.02 Å². The van der Waals surface area contributed by atoms with E-state index < -0.39 is 16.0 Å². The summed E-state index contributed by atoms with van der Waals surface area (Å²) in [6, 6.07) is 17.4. The number of carbonyl (C=O) groups is 2. The van der Waals surface area contributed by atoms with Crippen molar-refractivity contribution in [1.29, 1.82) is 0 Å². The molecule has 35 heavy (non-hydrogen) atoms. The first kappa shape index (κ1) is 24.7. The number of rotatable bonds is 9. The molecule has 0 radical (unpaired) electrons. The van der Waals surface area contributed by atoms with Gasteiger partial charge in [0.05, 0.1) is 24.2 Å². The summed E-state index contributed by atoms with van der Waals surface area (Å²) >= 11 is 6.07. The second kappa shape index (κ2) is 10.0. The molecule has 7 nitrogen and oxygen atoms in total. The summed E-state index contributed by atoms with van der Waals surface area (Å²) in [6.07, 6.45) is 3.11. The molecule has 0 bridgehead atoms. The minimum absolute atomic E-state index is 0.0614. The summed E-state index contributed by atoms with van der Waals surface area (Å²) in [5.74, 6) is -1.49. The number of benzene rings is 3. The van der Waals surface area contributed by atoms with E-state index in [1.807, 2.05) is 18.2 Å². The fourth-order valence-electron chi connectivity index (χ4n) is 4.16. The first-order chi connectivity index (χ1) is 16.7. The highest BCUT2D eigenvalue weighted by Crippen LogP contribution is 2.27. The summed E-state index contributed by atoms with van der Waals surface area (Å²) in [5, 5.41) is 11.7. The maximum atomic E-state index is 13.4. The highest BCUT2D eigenvalue weighted by molar-refractivity contribution is 7.90. The Morgan fingerprint density at radius 2 is 1.77 bits per heavy atom. The number of aliphatic carboxylic acids is 1. The summed E-state index contributed by atoms with van der Waals surface area (Å²) in [7, 11) is -3.86. The van der Waals surface area contributed by atoms with Crippen LogP contribution in [-0.2, 0) is 21.2 Å². The molecule has 0 spiro atoms. The molecule has 0 aliphatic rings. The molecular weight excluding hydrogens is 488 g/mol. The lowest BCUT2D eigenvalue weighted by molar-refractivity contribution is -0.136. The van der Waals surface area contributed by atoms with Gasteiger partial charge in [0.15, 0.2) is 5.78 Å². The molecule has 0 atom stereocenters. The topological polar surface area (TPSA) is 119 Å². The molecule has 1 heterocycles. The fraction of sp³-hybridized carbons (Fsp3) is 0.154. The first-order valence-electron chi connectivity index (χ1n) is 10.9. The van der Waals surface area contributed by atoms with Gasteiger partial charge >= 0.3 is 5.97 Å². The summed E-state index contributed by atoms with van der Waals surface area (Å²) in [4.78, 5) is 23.3. The number of ketones is 1. The van der Waals surface area contributed by atoms with E-state index in [1.54, 1.807) is 54.6 Å². The molecule has 1 aromatic heterocycles. The standard InChI is InChI=1S/C26H23ClN2O5S/c27-19-9-11-24-18(14-19)15-20(10-12-26(31)32)29(24)35(33,34)13-3-5-17-4-1-7-22-21(17)6-2-8-23(22)25(30)16-28/h1-9,11,14-15H,10,12-13,16,28H2,(H,31,32). The van der Waals surface area contributed by atoms with Gasteiger partial charge in [-0.1, -0.05) is 60.2 Å². The lowest BCUT2D eigenvalue weighted by Gasteiger charge is -2.10. The highest BCUT2D eigenvalue weighted by atomic mass is 35.5. The Bertz CT molecular complexity index is 1590. The zero-order valence-corrected chi connectivity index (χ0v) is 20.2. The molecule has 0 aliphatic heterocycles. The van der Waals surface area contributed by atoms with Gasteiger partial charge < -0.3 is 10.8 Å². The van der Waals surface area contributed by atoms with E-state index in [1.165, 1.54) is 3.97 Å². The van der Waals surface area contributed by atoms with Gasteiger partial charge in [0.25, 0.3) is 0 Å². The van der Waals surface area contributed by atoms with Crippen molar-refractivity contribution < 1.29 is 23.1 Å². The van der Waals surface area contributed by atoms with Gasteiger partial charge in [0.2, 0.25) is 10.0 Å². The van der Waals surface area contributed by atoms with Crippen LogP contribution in [0, 0.1) is 0 Å². The Kier molecular flexibility index (Phi) is 7.07. The quantitative estimate of drug-likeness (QED) is 0.320. The zero-order valence-electron chi connectivity index (χ0n) is 18.6. The minimum atomic E-state index is -3.86. The number of hydrogen-bond acceptors (Lipinski definition) is 5. The van der Waals surface area contributed by atoms with E-state index in [4.69, 9.17) is 22.4 Å². The Balaban J connectivity index is 1.70. The van der Waals surface area contributed by atoms with E-state index in [0.29, 0.717) is 27.2 Å². The molecule has 0 aliphatic carbocycles. The van der Waals surface area contributed by atoms with Crippen LogP contribution < -0.4 is 5.73 Å². The molecule has 0 unspecified atom stereocenters. The van der Waals surface area contributed by atoms with Gasteiger partial charge in [-0.3, -0.25) is 9.59 Å². The van der Waals surface area contributed by atoms with Gasteiger partial charge in [-0.15, -0.1) is 0 Å². The van der Waals surface area contributed by atoms with Crippen molar-refractivity contribution in [1.82, 2.24) is 3.97 Å². The largest absolute Gasteiger partial charge is 0.481 e. The normalized spacial score (nSPS) is 12.1. The smallest absolute Gasteiger partial charge is 0.303 e. The molecule has 0 fully saturated rings. The Morgan fingerprint density at radius 3 is 2.51 bits per heavy atom. The monoisotopic (exact) mass is 510 g/mol. The number of hydrogen-bond donors (Lipinski definition) is 2. The highest BCUT2D eigenvalue weighted by Gasteiger charge is 2.20. The third-order valence-electron chi connectivity index (χ3n) is 5.71. The van der Waals surface area contributed by atoms with Crippen molar-refractivity contribution in [2.45, 2.75) is 12.8 Å². The first-order valence-corrected chi connectivity index (χ1v) is 12.9. The van der Waals surface area contributed by atoms with Crippen LogP contribution >= 0.6 is 11.6 Å². The predicted octanol–water partition coefficient (Wildman–Crippen LogP) is 4.50. The summed E-state index contributed by atoms with van der Waals surface area (Å²) in [5.41, 5.74) is 7.64. The number of aromatic nitrogens is 1. The molecule has 4 rings (SSSR count). The number of nitrogens with zero attached hydrogens (tertiary/aromatic N) is 1. The SMILES string of the molecule is NCC(=O)c1cccc2c(C=CCS(=O)(=O)n3c(CCC(=O)O)cc4cc(Cl)ccc43)cccc12. The van der Waals surface area contributed by atoms with Crippen molar-refractivity contribution in [3.63, 3.8) is 0 Å². The van der Waals surface area contributed by atoms with Crippen LogP contribution in [-0.4, -0.2) is 41.5 Å². The summed E-state index contributed by atoms with van der Waals surface area (Å²) < 4.78 is 27.9. The van der Waals surface area contributed by atoms with Crippen molar-refractivity contribution in [3.8, 4) is 0 Å². The lowest BCUT2D eigenvalue weighted by Crippen LogP contribution is -2.18. The molecule has 0 amide bonds. The van der Waals surface area contributed by atoms with Crippen LogP contribution in [0.4, 0.5) is 0 Å². The van der Waals surface area contributed by atoms with Gasteiger partial charge in [0, 0.05) is 21.7 Å². The van der Waals surface area contributed by atoms with Crippen molar-refractivity contribution in [2.75, 3.05) is 12.3 Å². The predicted molar refractivity (Wildman–Crippen MR) is 138 cm³/mol. The van der Waals surface area contributed by atoms with E-state index in [-0.39, 0.29) is 30.9 Å². The molecular formula is C26H23ClN2O5S. The van der Waals surface area contributed by atoms with Gasteiger partial charge in [0.1, 0.15) is 0 Å².